The topological polar surface area (TPSA) is 52.6 Å². The second kappa shape index (κ2) is 5.32. The van der Waals surface area contributed by atoms with E-state index in [1.165, 1.54) is 0 Å². The van der Waals surface area contributed by atoms with Crippen LogP contribution >= 0.6 is 0 Å². The molecule has 0 spiro atoms. The predicted octanol–water partition coefficient (Wildman–Crippen LogP) is 2.41. The van der Waals surface area contributed by atoms with Crippen LogP contribution in [0.5, 0.6) is 0 Å². The van der Waals surface area contributed by atoms with Crippen molar-refractivity contribution in [3.63, 3.8) is 0 Å². The molecule has 4 heteroatoms. The Morgan fingerprint density at radius 1 is 1.56 bits per heavy atom. The minimum Gasteiger partial charge on any atom is -0.423 e. The van der Waals surface area contributed by atoms with Crippen LogP contribution in [-0.4, -0.2) is 17.7 Å². The predicted molar refractivity (Wildman–Crippen MR) is 58.5 cm³/mol. The quantitative estimate of drug-likeness (QED) is 0.678. The van der Waals surface area contributed by atoms with Gasteiger partial charge in [-0.3, -0.25) is 9.59 Å². The maximum Gasteiger partial charge on any atom is 0.312 e. The maximum atomic E-state index is 11.8. The molecular formula is C12H20O4. The standard InChI is InChI=1S/C12H20O4/c1-4-6-9(5-2)11(14)16-12(3)8-7-10(13)15-12/h9H,4-8H2,1-3H3. The van der Waals surface area contributed by atoms with Gasteiger partial charge >= 0.3 is 11.9 Å². The molecule has 0 aromatic carbocycles. The highest BCUT2D eigenvalue weighted by Gasteiger charge is 2.40. The fourth-order valence-electron chi connectivity index (χ4n) is 1.88. The van der Waals surface area contributed by atoms with E-state index < -0.39 is 5.79 Å². The third-order valence-electron chi connectivity index (χ3n) is 2.89. The third kappa shape index (κ3) is 3.22. The van der Waals surface area contributed by atoms with Crippen LogP contribution < -0.4 is 0 Å². The molecule has 0 aromatic heterocycles. The first-order valence-corrected chi connectivity index (χ1v) is 5.95. The lowest BCUT2D eigenvalue weighted by atomic mass is 10.0. The van der Waals surface area contributed by atoms with E-state index in [0.717, 1.165) is 19.3 Å². The Bertz CT molecular complexity index is 274. The van der Waals surface area contributed by atoms with Gasteiger partial charge in [0, 0.05) is 13.3 Å². The Morgan fingerprint density at radius 3 is 2.69 bits per heavy atom. The highest BCUT2D eigenvalue weighted by Crippen LogP contribution is 2.29. The molecule has 0 saturated carbocycles. The fourth-order valence-corrected chi connectivity index (χ4v) is 1.88. The van der Waals surface area contributed by atoms with Gasteiger partial charge in [0.15, 0.2) is 0 Å². The molecule has 1 aliphatic rings. The van der Waals surface area contributed by atoms with Crippen molar-refractivity contribution in [2.75, 3.05) is 0 Å². The first-order chi connectivity index (χ1) is 7.50. The van der Waals surface area contributed by atoms with Crippen molar-refractivity contribution in [3.05, 3.63) is 0 Å². The van der Waals surface area contributed by atoms with Crippen LogP contribution in [0.1, 0.15) is 52.9 Å². The molecule has 0 radical (unpaired) electrons. The number of carbonyl (C=O) groups excluding carboxylic acids is 2. The van der Waals surface area contributed by atoms with Crippen molar-refractivity contribution < 1.29 is 19.1 Å². The molecule has 16 heavy (non-hydrogen) atoms. The van der Waals surface area contributed by atoms with Crippen molar-refractivity contribution in [2.45, 2.75) is 58.7 Å². The van der Waals surface area contributed by atoms with Crippen molar-refractivity contribution >= 4 is 11.9 Å². The van der Waals surface area contributed by atoms with Gasteiger partial charge in [0.2, 0.25) is 0 Å². The molecule has 2 atom stereocenters. The van der Waals surface area contributed by atoms with Gasteiger partial charge in [0.05, 0.1) is 12.3 Å². The van der Waals surface area contributed by atoms with E-state index in [2.05, 4.69) is 0 Å². The smallest absolute Gasteiger partial charge is 0.312 e. The summed E-state index contributed by atoms with van der Waals surface area (Å²) < 4.78 is 10.3. The molecule has 1 heterocycles. The summed E-state index contributed by atoms with van der Waals surface area (Å²) in [6.07, 6.45) is 3.31. The highest BCUT2D eigenvalue weighted by atomic mass is 16.7. The van der Waals surface area contributed by atoms with Gasteiger partial charge in [-0.15, -0.1) is 0 Å². The van der Waals surface area contributed by atoms with Crippen LogP contribution in [0.4, 0.5) is 0 Å². The summed E-state index contributed by atoms with van der Waals surface area (Å²) in [4.78, 5) is 22.8. The summed E-state index contributed by atoms with van der Waals surface area (Å²) in [6.45, 7) is 5.65. The van der Waals surface area contributed by atoms with E-state index >= 15 is 0 Å². The summed E-state index contributed by atoms with van der Waals surface area (Å²) in [7, 11) is 0. The monoisotopic (exact) mass is 228 g/mol. The second-order valence-corrected chi connectivity index (χ2v) is 4.42. The maximum absolute atomic E-state index is 11.8. The Balaban J connectivity index is 2.52. The summed E-state index contributed by atoms with van der Waals surface area (Å²) in [6, 6.07) is 0. The minimum atomic E-state index is -1.03. The van der Waals surface area contributed by atoms with E-state index in [4.69, 9.17) is 9.47 Å². The first kappa shape index (κ1) is 13.0. The molecule has 0 amide bonds. The van der Waals surface area contributed by atoms with E-state index in [1.54, 1.807) is 6.92 Å². The lowest BCUT2D eigenvalue weighted by Crippen LogP contribution is -2.34. The number of hydrogen-bond acceptors (Lipinski definition) is 4. The molecule has 0 aliphatic carbocycles. The molecule has 1 fully saturated rings. The van der Waals surface area contributed by atoms with E-state index in [-0.39, 0.29) is 17.9 Å². The Labute approximate surface area is 96.3 Å². The summed E-state index contributed by atoms with van der Waals surface area (Å²) in [5.74, 6) is -1.66. The lowest BCUT2D eigenvalue weighted by Gasteiger charge is -2.25. The van der Waals surface area contributed by atoms with E-state index in [9.17, 15) is 9.59 Å². The van der Waals surface area contributed by atoms with Crippen molar-refractivity contribution in [1.29, 1.82) is 0 Å². The van der Waals surface area contributed by atoms with Crippen molar-refractivity contribution in [2.24, 2.45) is 5.92 Å². The first-order valence-electron chi connectivity index (χ1n) is 5.95. The van der Waals surface area contributed by atoms with Gasteiger partial charge in [-0.05, 0) is 12.8 Å². The number of esters is 2. The zero-order valence-corrected chi connectivity index (χ0v) is 10.2. The zero-order valence-electron chi connectivity index (χ0n) is 10.2. The highest BCUT2D eigenvalue weighted by molar-refractivity contribution is 5.75. The van der Waals surface area contributed by atoms with Crippen LogP contribution in [-0.2, 0) is 19.1 Å². The second-order valence-electron chi connectivity index (χ2n) is 4.42. The molecular weight excluding hydrogens is 208 g/mol. The van der Waals surface area contributed by atoms with Gasteiger partial charge in [0.25, 0.3) is 5.79 Å². The molecule has 0 bridgehead atoms. The molecule has 1 saturated heterocycles. The average molecular weight is 228 g/mol. The third-order valence-corrected chi connectivity index (χ3v) is 2.89. The number of cyclic esters (lactones) is 1. The lowest BCUT2D eigenvalue weighted by molar-refractivity contribution is -0.211. The molecule has 1 rings (SSSR count). The van der Waals surface area contributed by atoms with Crippen LogP contribution in [0.2, 0.25) is 0 Å². The summed E-state index contributed by atoms with van der Waals surface area (Å²) in [5.41, 5.74) is 0. The fraction of sp³-hybridized carbons (Fsp3) is 0.833. The normalized spacial score (nSPS) is 26.3. The van der Waals surface area contributed by atoms with Gasteiger partial charge in [0.1, 0.15) is 0 Å². The number of hydrogen-bond donors (Lipinski definition) is 0. The zero-order chi connectivity index (χ0) is 12.2. The molecule has 2 unspecified atom stereocenters. The van der Waals surface area contributed by atoms with Crippen LogP contribution in [0.15, 0.2) is 0 Å². The Kier molecular flexibility index (Phi) is 4.33. The van der Waals surface area contributed by atoms with Gasteiger partial charge < -0.3 is 9.47 Å². The Morgan fingerprint density at radius 2 is 2.25 bits per heavy atom. The molecule has 4 nitrogen and oxygen atoms in total. The van der Waals surface area contributed by atoms with Crippen LogP contribution in [0.3, 0.4) is 0 Å². The van der Waals surface area contributed by atoms with Crippen molar-refractivity contribution in [3.8, 4) is 0 Å². The number of ether oxygens (including phenoxy) is 2. The van der Waals surface area contributed by atoms with Crippen molar-refractivity contribution in [1.82, 2.24) is 0 Å². The van der Waals surface area contributed by atoms with Crippen LogP contribution in [0.25, 0.3) is 0 Å². The SMILES string of the molecule is CCCC(CC)C(=O)OC1(C)CCC(=O)O1. The molecule has 92 valence electrons. The molecule has 0 aromatic rings. The minimum absolute atomic E-state index is 0.0823. The average Bonchev–Trinajstić information content (AvgIpc) is 2.54. The van der Waals surface area contributed by atoms with Gasteiger partial charge in [-0.25, -0.2) is 0 Å². The summed E-state index contributed by atoms with van der Waals surface area (Å²) in [5, 5.41) is 0. The molecule has 1 aliphatic heterocycles. The van der Waals surface area contributed by atoms with E-state index in [1.807, 2.05) is 13.8 Å². The van der Waals surface area contributed by atoms with Gasteiger partial charge in [-0.2, -0.15) is 0 Å². The number of rotatable bonds is 5. The largest absolute Gasteiger partial charge is 0.423 e. The number of carbonyl (C=O) groups is 2. The Hall–Kier alpha value is -1.06. The molecule has 0 N–H and O–H groups in total. The summed E-state index contributed by atoms with van der Waals surface area (Å²) >= 11 is 0. The van der Waals surface area contributed by atoms with E-state index in [0.29, 0.717) is 12.8 Å². The van der Waals surface area contributed by atoms with Gasteiger partial charge in [-0.1, -0.05) is 20.3 Å². The van der Waals surface area contributed by atoms with Crippen LogP contribution in [0, 0.1) is 5.92 Å².